The number of likely N-dealkylation sites (N-methyl/N-ethyl adjacent to an activating group) is 1. The van der Waals surface area contributed by atoms with Crippen LogP contribution in [0.3, 0.4) is 0 Å². The third-order valence-electron chi connectivity index (χ3n) is 3.69. The van der Waals surface area contributed by atoms with Crippen LogP contribution >= 0.6 is 0 Å². The van der Waals surface area contributed by atoms with Gasteiger partial charge in [-0.15, -0.1) is 10.2 Å². The monoisotopic (exact) mass is 329 g/mol. The Hall–Kier alpha value is -2.64. The average molecular weight is 329 g/mol. The molecule has 0 amide bonds. The van der Waals surface area contributed by atoms with E-state index in [1.54, 1.807) is 42.7 Å². The van der Waals surface area contributed by atoms with E-state index in [0.29, 0.717) is 42.7 Å². The number of benzene rings is 1. The molecule has 1 aromatic carbocycles. The molecule has 0 fully saturated rings. The van der Waals surface area contributed by atoms with Gasteiger partial charge in [0.15, 0.2) is 5.76 Å². The number of hydrogen-bond acceptors (Lipinski definition) is 7. The molecule has 2 heterocycles. The van der Waals surface area contributed by atoms with Gasteiger partial charge in [0.05, 0.1) is 18.9 Å². The van der Waals surface area contributed by atoms with E-state index in [0.717, 1.165) is 0 Å². The van der Waals surface area contributed by atoms with Crippen LogP contribution in [-0.2, 0) is 6.54 Å². The normalized spacial score (nSPS) is 12.6. The molecule has 2 N–H and O–H groups in total. The van der Waals surface area contributed by atoms with Gasteiger partial charge in [-0.2, -0.15) is 0 Å². The number of aromatic hydroxyl groups is 1. The minimum Gasteiger partial charge on any atom is -0.508 e. The van der Waals surface area contributed by atoms with Crippen LogP contribution in [0.5, 0.6) is 5.75 Å². The predicted molar refractivity (Wildman–Crippen MR) is 86.0 cm³/mol. The SMILES string of the molecule is CCN(Cc1nnc(-c2ccco2)o1)C[C@@H](O)c1cccc(O)c1. The van der Waals surface area contributed by atoms with Crippen LogP contribution in [0.25, 0.3) is 11.7 Å². The van der Waals surface area contributed by atoms with E-state index in [1.807, 2.05) is 11.8 Å². The highest BCUT2D eigenvalue weighted by atomic mass is 16.4. The van der Waals surface area contributed by atoms with Crippen molar-refractivity contribution in [1.82, 2.24) is 15.1 Å². The molecule has 0 saturated carbocycles. The first-order chi connectivity index (χ1) is 11.7. The Morgan fingerprint density at radius 2 is 2.08 bits per heavy atom. The summed E-state index contributed by atoms with van der Waals surface area (Å²) in [5, 5.41) is 27.8. The lowest BCUT2D eigenvalue weighted by Gasteiger charge is -2.22. The van der Waals surface area contributed by atoms with Gasteiger partial charge >= 0.3 is 0 Å². The Morgan fingerprint density at radius 3 is 2.79 bits per heavy atom. The van der Waals surface area contributed by atoms with Crippen molar-refractivity contribution < 1.29 is 19.0 Å². The van der Waals surface area contributed by atoms with E-state index in [-0.39, 0.29) is 5.75 Å². The maximum Gasteiger partial charge on any atom is 0.283 e. The largest absolute Gasteiger partial charge is 0.508 e. The predicted octanol–water partition coefficient (Wildman–Crippen LogP) is 2.59. The molecule has 126 valence electrons. The van der Waals surface area contributed by atoms with E-state index < -0.39 is 6.10 Å². The number of phenolic OH excluding ortho intramolecular Hbond substituents is 1. The van der Waals surface area contributed by atoms with Crippen molar-refractivity contribution in [3.63, 3.8) is 0 Å². The van der Waals surface area contributed by atoms with Crippen molar-refractivity contribution in [2.24, 2.45) is 0 Å². The van der Waals surface area contributed by atoms with Crippen molar-refractivity contribution in [1.29, 1.82) is 0 Å². The molecule has 1 atom stereocenters. The fraction of sp³-hybridized carbons (Fsp3) is 0.294. The summed E-state index contributed by atoms with van der Waals surface area (Å²) in [4.78, 5) is 1.98. The van der Waals surface area contributed by atoms with Crippen molar-refractivity contribution in [2.45, 2.75) is 19.6 Å². The van der Waals surface area contributed by atoms with Gasteiger partial charge in [-0.3, -0.25) is 4.90 Å². The summed E-state index contributed by atoms with van der Waals surface area (Å²) in [6.45, 7) is 3.49. The lowest BCUT2D eigenvalue weighted by Crippen LogP contribution is -2.28. The van der Waals surface area contributed by atoms with Gasteiger partial charge in [0.1, 0.15) is 5.75 Å². The van der Waals surface area contributed by atoms with Crippen molar-refractivity contribution >= 4 is 0 Å². The Balaban J connectivity index is 1.64. The lowest BCUT2D eigenvalue weighted by atomic mass is 10.1. The number of phenols is 1. The van der Waals surface area contributed by atoms with Crippen LogP contribution in [0, 0.1) is 0 Å². The molecule has 0 aliphatic rings. The fourth-order valence-electron chi connectivity index (χ4n) is 2.40. The topological polar surface area (TPSA) is 95.8 Å². The van der Waals surface area contributed by atoms with Crippen molar-refractivity contribution in [3.8, 4) is 17.4 Å². The summed E-state index contributed by atoms with van der Waals surface area (Å²) in [7, 11) is 0. The third-order valence-corrected chi connectivity index (χ3v) is 3.69. The second kappa shape index (κ2) is 7.29. The molecule has 3 rings (SSSR count). The number of hydrogen-bond donors (Lipinski definition) is 2. The highest BCUT2D eigenvalue weighted by molar-refractivity contribution is 5.42. The number of aliphatic hydroxyl groups excluding tert-OH is 1. The van der Waals surface area contributed by atoms with Crippen LogP contribution in [0.4, 0.5) is 0 Å². The summed E-state index contributed by atoms with van der Waals surface area (Å²) in [6, 6.07) is 10.1. The van der Waals surface area contributed by atoms with E-state index >= 15 is 0 Å². The molecule has 24 heavy (non-hydrogen) atoms. The maximum absolute atomic E-state index is 10.3. The molecular weight excluding hydrogens is 310 g/mol. The standard InChI is InChI=1S/C17H19N3O4/c1-2-20(10-14(22)12-5-3-6-13(21)9-12)11-16-18-19-17(24-16)15-7-4-8-23-15/h3-9,14,21-22H,2,10-11H2,1H3/t14-/m1/s1. The summed E-state index contributed by atoms with van der Waals surface area (Å²) in [6.07, 6.45) is 0.827. The average Bonchev–Trinajstić information content (AvgIpc) is 3.25. The Kier molecular flexibility index (Phi) is 4.93. The van der Waals surface area contributed by atoms with Gasteiger partial charge in [-0.05, 0) is 36.4 Å². The maximum atomic E-state index is 10.3. The fourth-order valence-corrected chi connectivity index (χ4v) is 2.40. The Morgan fingerprint density at radius 1 is 1.21 bits per heavy atom. The molecule has 7 nitrogen and oxygen atoms in total. The highest BCUT2D eigenvalue weighted by Crippen LogP contribution is 2.21. The first-order valence-corrected chi connectivity index (χ1v) is 7.71. The zero-order valence-electron chi connectivity index (χ0n) is 13.3. The molecular formula is C17H19N3O4. The first kappa shape index (κ1) is 16.2. The molecule has 0 bridgehead atoms. The van der Waals surface area contributed by atoms with Crippen LogP contribution in [0.1, 0.15) is 24.5 Å². The molecule has 0 saturated heterocycles. The third kappa shape index (κ3) is 3.81. The van der Waals surface area contributed by atoms with Crippen LogP contribution < -0.4 is 0 Å². The van der Waals surface area contributed by atoms with Crippen molar-refractivity contribution in [2.75, 3.05) is 13.1 Å². The minimum atomic E-state index is -0.718. The number of nitrogens with zero attached hydrogens (tertiary/aromatic N) is 3. The summed E-state index contributed by atoms with van der Waals surface area (Å²) in [5.41, 5.74) is 0.662. The molecule has 0 radical (unpaired) electrons. The van der Waals surface area contributed by atoms with Gasteiger partial charge < -0.3 is 19.0 Å². The highest BCUT2D eigenvalue weighted by Gasteiger charge is 2.17. The van der Waals surface area contributed by atoms with Crippen molar-refractivity contribution in [3.05, 3.63) is 54.1 Å². The molecule has 0 aliphatic carbocycles. The van der Waals surface area contributed by atoms with E-state index in [2.05, 4.69) is 10.2 Å². The minimum absolute atomic E-state index is 0.134. The molecule has 7 heteroatoms. The lowest BCUT2D eigenvalue weighted by molar-refractivity contribution is 0.107. The van der Waals surface area contributed by atoms with Crippen LogP contribution in [0.15, 0.2) is 51.5 Å². The van der Waals surface area contributed by atoms with Crippen LogP contribution in [-0.4, -0.2) is 38.4 Å². The Bertz CT molecular complexity index is 770. The van der Waals surface area contributed by atoms with Crippen LogP contribution in [0.2, 0.25) is 0 Å². The second-order valence-corrected chi connectivity index (χ2v) is 5.42. The van der Waals surface area contributed by atoms with E-state index in [9.17, 15) is 10.2 Å². The smallest absolute Gasteiger partial charge is 0.283 e. The molecule has 0 aliphatic heterocycles. The summed E-state index contributed by atoms with van der Waals surface area (Å²) in [5.74, 6) is 1.44. The van der Waals surface area contributed by atoms with E-state index in [4.69, 9.17) is 8.83 Å². The Labute approximate surface area is 139 Å². The van der Waals surface area contributed by atoms with Gasteiger partial charge in [0.2, 0.25) is 5.89 Å². The molecule has 0 spiro atoms. The van der Waals surface area contributed by atoms with Gasteiger partial charge in [0, 0.05) is 6.54 Å². The number of furan rings is 1. The molecule has 0 unspecified atom stereocenters. The summed E-state index contributed by atoms with van der Waals surface area (Å²) >= 11 is 0. The number of aromatic nitrogens is 2. The number of rotatable bonds is 7. The molecule has 3 aromatic rings. The number of aliphatic hydroxyl groups is 1. The van der Waals surface area contributed by atoms with Gasteiger partial charge in [-0.1, -0.05) is 19.1 Å². The zero-order chi connectivity index (χ0) is 16.9. The van der Waals surface area contributed by atoms with Gasteiger partial charge in [0.25, 0.3) is 5.89 Å². The molecule has 2 aromatic heterocycles. The first-order valence-electron chi connectivity index (χ1n) is 7.71. The second-order valence-electron chi connectivity index (χ2n) is 5.42. The zero-order valence-corrected chi connectivity index (χ0v) is 13.3. The quantitative estimate of drug-likeness (QED) is 0.688. The van der Waals surface area contributed by atoms with Gasteiger partial charge in [-0.25, -0.2) is 0 Å². The van der Waals surface area contributed by atoms with E-state index in [1.165, 1.54) is 0 Å². The summed E-state index contributed by atoms with van der Waals surface area (Å²) < 4.78 is 10.8.